The maximum atomic E-state index is 12.5. The number of aliphatic hydroxyl groups is 1. The summed E-state index contributed by atoms with van der Waals surface area (Å²) in [6.07, 6.45) is 3.56. The molecule has 2 fully saturated rings. The minimum absolute atomic E-state index is 0.0512. The van der Waals surface area contributed by atoms with Gasteiger partial charge in [-0.2, -0.15) is 0 Å². The molecule has 2 heterocycles. The van der Waals surface area contributed by atoms with Crippen LogP contribution in [-0.4, -0.2) is 41.0 Å². The summed E-state index contributed by atoms with van der Waals surface area (Å²) in [5, 5.41) is 20.6. The van der Waals surface area contributed by atoms with E-state index in [0.717, 1.165) is 23.2 Å². The summed E-state index contributed by atoms with van der Waals surface area (Å²) >= 11 is 0. The Balaban J connectivity index is 1.44. The smallest absolute Gasteiger partial charge is 0.331 e. The highest BCUT2D eigenvalue weighted by atomic mass is 16.3. The maximum absolute atomic E-state index is 12.5. The number of carbonyl (C=O) groups excluding carboxylic acids is 1. The standard InChI is InChI=1S/C17H22N6O4/c1-21-12(7-14(25)22(2)17(21)27)16(26)18-10-5-9(6-10)15-20-19-13(8-24)23(15)11-3-4-11/h7,9-11,24H,3-6,8H2,1-2H3,(H,18,26). The second-order valence-corrected chi connectivity index (χ2v) is 7.34. The lowest BCUT2D eigenvalue weighted by molar-refractivity contribution is 0.0896. The molecule has 0 radical (unpaired) electrons. The van der Waals surface area contributed by atoms with Gasteiger partial charge in [0, 0.05) is 38.2 Å². The third-order valence-electron chi connectivity index (χ3n) is 5.44. The summed E-state index contributed by atoms with van der Waals surface area (Å²) in [7, 11) is 2.84. The van der Waals surface area contributed by atoms with Crippen molar-refractivity contribution < 1.29 is 9.90 Å². The molecule has 27 heavy (non-hydrogen) atoms. The van der Waals surface area contributed by atoms with Crippen LogP contribution in [0.5, 0.6) is 0 Å². The zero-order valence-corrected chi connectivity index (χ0v) is 15.3. The van der Waals surface area contributed by atoms with E-state index in [0.29, 0.717) is 24.7 Å². The van der Waals surface area contributed by atoms with Gasteiger partial charge in [-0.15, -0.1) is 10.2 Å². The average Bonchev–Trinajstić information content (AvgIpc) is 3.37. The zero-order chi connectivity index (χ0) is 19.3. The normalized spacial score (nSPS) is 21.7. The molecule has 0 atom stereocenters. The Morgan fingerprint density at radius 3 is 2.56 bits per heavy atom. The molecule has 2 aliphatic carbocycles. The van der Waals surface area contributed by atoms with E-state index in [1.54, 1.807) is 0 Å². The summed E-state index contributed by atoms with van der Waals surface area (Å²) < 4.78 is 4.16. The molecule has 0 aromatic carbocycles. The summed E-state index contributed by atoms with van der Waals surface area (Å²) in [5.41, 5.74) is -0.993. The highest BCUT2D eigenvalue weighted by molar-refractivity contribution is 5.92. The Hall–Kier alpha value is -2.75. The van der Waals surface area contributed by atoms with Gasteiger partial charge in [-0.05, 0) is 25.7 Å². The Morgan fingerprint density at radius 2 is 1.93 bits per heavy atom. The molecule has 0 spiro atoms. The fraction of sp³-hybridized carbons (Fsp3) is 0.588. The number of hydrogen-bond acceptors (Lipinski definition) is 6. The number of aliphatic hydroxyl groups excluding tert-OH is 1. The van der Waals surface area contributed by atoms with Crippen molar-refractivity contribution in [3.8, 4) is 0 Å². The van der Waals surface area contributed by atoms with Crippen molar-refractivity contribution in [1.82, 2.24) is 29.2 Å². The molecule has 10 heteroatoms. The summed E-state index contributed by atoms with van der Waals surface area (Å²) in [6.45, 7) is -0.132. The molecule has 0 aliphatic heterocycles. The topological polar surface area (TPSA) is 124 Å². The van der Waals surface area contributed by atoms with Crippen LogP contribution < -0.4 is 16.6 Å². The Bertz CT molecular complexity index is 1010. The van der Waals surface area contributed by atoms with Crippen LogP contribution >= 0.6 is 0 Å². The summed E-state index contributed by atoms with van der Waals surface area (Å²) in [6, 6.07) is 1.49. The first-order valence-corrected chi connectivity index (χ1v) is 9.03. The molecule has 2 saturated carbocycles. The van der Waals surface area contributed by atoms with E-state index in [2.05, 4.69) is 15.5 Å². The molecule has 10 nitrogen and oxygen atoms in total. The van der Waals surface area contributed by atoms with E-state index in [9.17, 15) is 19.5 Å². The van der Waals surface area contributed by atoms with E-state index in [4.69, 9.17) is 0 Å². The highest BCUT2D eigenvalue weighted by Gasteiger charge is 2.38. The first-order valence-electron chi connectivity index (χ1n) is 9.03. The fourth-order valence-corrected chi connectivity index (χ4v) is 3.61. The number of nitrogens with zero attached hydrogens (tertiary/aromatic N) is 5. The van der Waals surface area contributed by atoms with E-state index in [1.807, 2.05) is 4.57 Å². The first-order chi connectivity index (χ1) is 12.9. The van der Waals surface area contributed by atoms with Crippen LogP contribution in [0, 0.1) is 0 Å². The van der Waals surface area contributed by atoms with Gasteiger partial charge in [0.15, 0.2) is 5.82 Å². The number of carbonyl (C=O) groups is 1. The van der Waals surface area contributed by atoms with Gasteiger partial charge in [0.05, 0.1) is 0 Å². The molecule has 0 unspecified atom stereocenters. The van der Waals surface area contributed by atoms with E-state index in [1.165, 1.54) is 24.7 Å². The van der Waals surface area contributed by atoms with Crippen molar-refractivity contribution >= 4 is 5.91 Å². The average molecular weight is 374 g/mol. The quantitative estimate of drug-likeness (QED) is 0.705. The van der Waals surface area contributed by atoms with Crippen molar-refractivity contribution in [2.45, 2.75) is 50.3 Å². The lowest BCUT2D eigenvalue weighted by atomic mass is 9.79. The number of rotatable bonds is 5. The van der Waals surface area contributed by atoms with Crippen LogP contribution in [0.2, 0.25) is 0 Å². The van der Waals surface area contributed by atoms with Gasteiger partial charge in [0.1, 0.15) is 18.1 Å². The zero-order valence-electron chi connectivity index (χ0n) is 15.3. The number of aromatic nitrogens is 5. The van der Waals surface area contributed by atoms with Gasteiger partial charge >= 0.3 is 5.69 Å². The minimum atomic E-state index is -0.534. The van der Waals surface area contributed by atoms with E-state index >= 15 is 0 Å². The van der Waals surface area contributed by atoms with Crippen molar-refractivity contribution in [2.75, 3.05) is 0 Å². The predicted octanol–water partition coefficient (Wildman–Crippen LogP) is -0.821. The lowest BCUT2D eigenvalue weighted by Gasteiger charge is -2.35. The lowest BCUT2D eigenvalue weighted by Crippen LogP contribution is -2.47. The van der Waals surface area contributed by atoms with E-state index < -0.39 is 17.2 Å². The first kappa shape index (κ1) is 17.7. The molecule has 2 aromatic heterocycles. The van der Waals surface area contributed by atoms with Crippen molar-refractivity contribution in [1.29, 1.82) is 0 Å². The van der Waals surface area contributed by atoms with Crippen LogP contribution in [0.4, 0.5) is 0 Å². The minimum Gasteiger partial charge on any atom is -0.388 e. The van der Waals surface area contributed by atoms with Crippen LogP contribution in [0.1, 0.15) is 59.8 Å². The van der Waals surface area contributed by atoms with Crippen molar-refractivity contribution in [2.24, 2.45) is 14.1 Å². The number of nitrogens with one attached hydrogen (secondary N) is 1. The van der Waals surface area contributed by atoms with Gasteiger partial charge < -0.3 is 15.0 Å². The SMILES string of the molecule is Cn1c(C(=O)NC2CC(c3nnc(CO)n3C3CC3)C2)cc(=O)n(C)c1=O. The molecule has 0 saturated heterocycles. The number of hydrogen-bond donors (Lipinski definition) is 2. The molecule has 2 N–H and O–H groups in total. The summed E-state index contributed by atoms with van der Waals surface area (Å²) in [5.74, 6) is 1.20. The van der Waals surface area contributed by atoms with Gasteiger partial charge in [0.25, 0.3) is 11.5 Å². The molecule has 0 bridgehead atoms. The largest absolute Gasteiger partial charge is 0.388 e. The third-order valence-corrected chi connectivity index (χ3v) is 5.44. The molecular weight excluding hydrogens is 352 g/mol. The van der Waals surface area contributed by atoms with Gasteiger partial charge in [-0.3, -0.25) is 18.7 Å². The molecule has 2 aromatic rings. The molecular formula is C17H22N6O4. The highest BCUT2D eigenvalue weighted by Crippen LogP contribution is 2.42. The fourth-order valence-electron chi connectivity index (χ4n) is 3.61. The Labute approximate surface area is 154 Å². The Morgan fingerprint density at radius 1 is 1.22 bits per heavy atom. The van der Waals surface area contributed by atoms with Crippen LogP contribution in [0.15, 0.2) is 15.7 Å². The Kier molecular flexibility index (Phi) is 4.22. The second-order valence-electron chi connectivity index (χ2n) is 7.34. The molecule has 2 aliphatic rings. The summed E-state index contributed by atoms with van der Waals surface area (Å²) in [4.78, 5) is 36.2. The second kappa shape index (κ2) is 6.45. The van der Waals surface area contributed by atoms with Gasteiger partial charge in [0.2, 0.25) is 0 Å². The number of amides is 1. The molecule has 144 valence electrons. The van der Waals surface area contributed by atoms with Crippen LogP contribution in [-0.2, 0) is 20.7 Å². The maximum Gasteiger partial charge on any atom is 0.331 e. The van der Waals surface area contributed by atoms with Crippen LogP contribution in [0.3, 0.4) is 0 Å². The van der Waals surface area contributed by atoms with Crippen molar-refractivity contribution in [3.63, 3.8) is 0 Å². The molecule has 4 rings (SSSR count). The van der Waals surface area contributed by atoms with Crippen LogP contribution in [0.25, 0.3) is 0 Å². The molecule has 1 amide bonds. The van der Waals surface area contributed by atoms with E-state index in [-0.39, 0.29) is 24.3 Å². The van der Waals surface area contributed by atoms with Gasteiger partial charge in [-0.25, -0.2) is 4.79 Å². The van der Waals surface area contributed by atoms with Crippen molar-refractivity contribution in [3.05, 3.63) is 44.2 Å². The monoisotopic (exact) mass is 374 g/mol. The third kappa shape index (κ3) is 2.99. The predicted molar refractivity (Wildman–Crippen MR) is 94.4 cm³/mol. The van der Waals surface area contributed by atoms with Gasteiger partial charge in [-0.1, -0.05) is 0 Å².